The molecule has 2 heterocycles. The van der Waals surface area contributed by atoms with Crippen LogP contribution in [-0.4, -0.2) is 29.4 Å². The highest BCUT2D eigenvalue weighted by Crippen LogP contribution is 2.30. The van der Waals surface area contributed by atoms with Crippen molar-refractivity contribution in [1.82, 2.24) is 9.99 Å². The molecule has 0 radical (unpaired) electrons. The molecule has 0 saturated heterocycles. The molecule has 154 valence electrons. The molecule has 0 aliphatic carbocycles. The molecule has 30 heavy (non-hydrogen) atoms. The van der Waals surface area contributed by atoms with Gasteiger partial charge in [0.05, 0.1) is 6.21 Å². The first-order chi connectivity index (χ1) is 14.4. The number of hydrazone groups is 1. The summed E-state index contributed by atoms with van der Waals surface area (Å²) in [6.07, 6.45) is 0.928. The lowest BCUT2D eigenvalue weighted by Gasteiger charge is -2.24. The van der Waals surface area contributed by atoms with Gasteiger partial charge >= 0.3 is 0 Å². The fourth-order valence-corrected chi connectivity index (χ4v) is 3.73. The molecule has 0 spiro atoms. The predicted octanol–water partition coefficient (Wildman–Crippen LogP) is 4.00. The molecular weight excluding hydrogens is 378 g/mol. The second-order valence-electron chi connectivity index (χ2n) is 7.55. The number of amides is 1. The lowest BCUT2D eigenvalue weighted by Crippen LogP contribution is -2.42. The van der Waals surface area contributed by atoms with Gasteiger partial charge in [-0.05, 0) is 57.5 Å². The van der Waals surface area contributed by atoms with Gasteiger partial charge in [-0.3, -0.25) is 4.79 Å². The van der Waals surface area contributed by atoms with E-state index in [1.807, 2.05) is 25.1 Å². The van der Waals surface area contributed by atoms with Crippen molar-refractivity contribution >= 4 is 12.1 Å². The van der Waals surface area contributed by atoms with Crippen LogP contribution >= 0.6 is 0 Å². The third-order valence-corrected chi connectivity index (χ3v) is 5.24. The molecule has 1 atom stereocenters. The van der Waals surface area contributed by atoms with Gasteiger partial charge in [-0.15, -0.1) is 0 Å². The molecule has 1 aliphatic heterocycles. The number of fused-ring (bicyclic) bond motifs is 1. The summed E-state index contributed by atoms with van der Waals surface area (Å²) in [6, 6.07) is 15.8. The second kappa shape index (κ2) is 8.06. The molecule has 1 aliphatic rings. The molecule has 1 aromatic heterocycles. The van der Waals surface area contributed by atoms with Crippen LogP contribution in [0.2, 0.25) is 0 Å². The average Bonchev–Trinajstić information content (AvgIpc) is 3.01. The van der Waals surface area contributed by atoms with E-state index in [0.29, 0.717) is 11.5 Å². The first-order valence-corrected chi connectivity index (χ1v) is 9.92. The van der Waals surface area contributed by atoms with Crippen molar-refractivity contribution in [1.29, 1.82) is 0 Å². The minimum absolute atomic E-state index is 0.152. The van der Waals surface area contributed by atoms with Gasteiger partial charge in [-0.25, -0.2) is 5.43 Å². The van der Waals surface area contributed by atoms with Gasteiger partial charge in [-0.2, -0.15) is 5.10 Å². The highest BCUT2D eigenvalue weighted by atomic mass is 16.6. The first kappa shape index (κ1) is 19.8. The summed E-state index contributed by atoms with van der Waals surface area (Å²) in [5.41, 5.74) is 9.26. The van der Waals surface area contributed by atoms with Gasteiger partial charge < -0.3 is 14.0 Å². The second-order valence-corrected chi connectivity index (χ2v) is 7.55. The zero-order chi connectivity index (χ0) is 21.3. The molecule has 4 rings (SSSR count). The van der Waals surface area contributed by atoms with E-state index in [0.717, 1.165) is 22.6 Å². The monoisotopic (exact) mass is 403 g/mol. The number of rotatable bonds is 4. The summed E-state index contributed by atoms with van der Waals surface area (Å²) >= 11 is 0. The van der Waals surface area contributed by atoms with Crippen LogP contribution in [-0.2, 0) is 4.79 Å². The van der Waals surface area contributed by atoms with Gasteiger partial charge in [-0.1, -0.05) is 29.8 Å². The third-order valence-electron chi connectivity index (χ3n) is 5.24. The number of carbonyl (C=O) groups excluding carboxylic acids is 1. The number of para-hydroxylation sites is 2. The van der Waals surface area contributed by atoms with Crippen LogP contribution < -0.4 is 14.9 Å². The van der Waals surface area contributed by atoms with Crippen LogP contribution in [0.15, 0.2) is 53.6 Å². The molecule has 6 heteroatoms. The van der Waals surface area contributed by atoms with Crippen molar-refractivity contribution in [2.24, 2.45) is 5.10 Å². The molecular formula is C24H25N3O3. The third kappa shape index (κ3) is 3.81. The van der Waals surface area contributed by atoms with Crippen molar-refractivity contribution in [2.45, 2.75) is 33.8 Å². The molecule has 0 bridgehead atoms. The Balaban J connectivity index is 1.47. The number of nitrogens with one attached hydrogen (secondary N) is 1. The quantitative estimate of drug-likeness (QED) is 0.529. The standard InChI is InChI=1S/C24H25N3O3/c1-15-9-10-20(16(2)11-15)27-17(3)12-19(18(27)4)13-25-26-24(28)23-14-29-21-7-5-6-8-22(21)30-23/h5-13,23H,14H2,1-4H3,(H,26,28)/b25-13+. The van der Waals surface area contributed by atoms with Crippen LogP contribution in [0.25, 0.3) is 5.69 Å². The Labute approximate surface area is 176 Å². The van der Waals surface area contributed by atoms with E-state index in [2.05, 4.69) is 60.1 Å². The fraction of sp³-hybridized carbons (Fsp3) is 0.250. The van der Waals surface area contributed by atoms with Crippen molar-refractivity contribution in [3.05, 3.63) is 76.6 Å². The van der Waals surface area contributed by atoms with E-state index >= 15 is 0 Å². The molecule has 1 amide bonds. The van der Waals surface area contributed by atoms with E-state index < -0.39 is 6.10 Å². The van der Waals surface area contributed by atoms with E-state index in [1.165, 1.54) is 11.1 Å². The lowest BCUT2D eigenvalue weighted by atomic mass is 10.1. The molecule has 6 nitrogen and oxygen atoms in total. The number of carbonyl (C=O) groups is 1. The largest absolute Gasteiger partial charge is 0.485 e. The highest BCUT2D eigenvalue weighted by Gasteiger charge is 2.27. The smallest absolute Gasteiger partial charge is 0.284 e. The maximum atomic E-state index is 12.4. The summed E-state index contributed by atoms with van der Waals surface area (Å²) in [5.74, 6) is 0.859. The van der Waals surface area contributed by atoms with Gasteiger partial charge in [0.25, 0.3) is 5.91 Å². The van der Waals surface area contributed by atoms with Crippen LogP contribution in [0.1, 0.15) is 28.1 Å². The minimum atomic E-state index is -0.736. The number of ether oxygens (including phenoxy) is 2. The lowest BCUT2D eigenvalue weighted by molar-refractivity contribution is -0.130. The van der Waals surface area contributed by atoms with Gasteiger partial charge in [0.15, 0.2) is 11.5 Å². The zero-order valence-electron chi connectivity index (χ0n) is 17.6. The fourth-order valence-electron chi connectivity index (χ4n) is 3.73. The number of hydrogen-bond donors (Lipinski definition) is 1. The molecule has 2 aromatic carbocycles. The molecule has 0 fully saturated rings. The van der Waals surface area contributed by atoms with Crippen molar-refractivity contribution in [2.75, 3.05) is 6.61 Å². The summed E-state index contributed by atoms with van der Waals surface area (Å²) in [6.45, 7) is 8.46. The molecule has 3 aromatic rings. The Morgan fingerprint density at radius 3 is 2.63 bits per heavy atom. The molecule has 0 saturated carbocycles. The Morgan fingerprint density at radius 2 is 1.87 bits per heavy atom. The van der Waals surface area contributed by atoms with Crippen LogP contribution in [0.3, 0.4) is 0 Å². The van der Waals surface area contributed by atoms with Gasteiger partial charge in [0.2, 0.25) is 6.10 Å². The first-order valence-electron chi connectivity index (χ1n) is 9.92. The zero-order valence-corrected chi connectivity index (χ0v) is 17.6. The summed E-state index contributed by atoms with van der Waals surface area (Å²) in [7, 11) is 0. The number of nitrogens with zero attached hydrogens (tertiary/aromatic N) is 2. The van der Waals surface area contributed by atoms with Gasteiger partial charge in [0, 0.05) is 22.6 Å². The Bertz CT molecular complexity index is 1130. The average molecular weight is 403 g/mol. The predicted molar refractivity (Wildman–Crippen MR) is 117 cm³/mol. The Morgan fingerprint density at radius 1 is 1.10 bits per heavy atom. The van der Waals surface area contributed by atoms with E-state index in [1.54, 1.807) is 12.3 Å². The molecule has 1 N–H and O–H groups in total. The summed E-state index contributed by atoms with van der Waals surface area (Å²) in [5, 5.41) is 4.14. The van der Waals surface area contributed by atoms with Crippen molar-refractivity contribution in [3.8, 4) is 17.2 Å². The number of aryl methyl sites for hydroxylation is 3. The Hall–Kier alpha value is -3.54. The normalized spacial score (nSPS) is 15.4. The number of benzene rings is 2. The summed E-state index contributed by atoms with van der Waals surface area (Å²) in [4.78, 5) is 12.4. The van der Waals surface area contributed by atoms with Crippen LogP contribution in [0.4, 0.5) is 0 Å². The maximum Gasteiger partial charge on any atom is 0.284 e. The van der Waals surface area contributed by atoms with Crippen LogP contribution in [0.5, 0.6) is 11.5 Å². The SMILES string of the molecule is Cc1ccc(-n2c(C)cc(/C=N/NC(=O)C3COc4ccccc4O3)c2C)c(C)c1. The van der Waals surface area contributed by atoms with Gasteiger partial charge in [0.1, 0.15) is 6.61 Å². The minimum Gasteiger partial charge on any atom is -0.485 e. The topological polar surface area (TPSA) is 64.9 Å². The van der Waals surface area contributed by atoms with Crippen LogP contribution in [0, 0.1) is 27.7 Å². The summed E-state index contributed by atoms with van der Waals surface area (Å²) < 4.78 is 13.5. The van der Waals surface area contributed by atoms with E-state index in [-0.39, 0.29) is 12.5 Å². The Kier molecular flexibility index (Phi) is 5.31. The van der Waals surface area contributed by atoms with E-state index in [4.69, 9.17) is 9.47 Å². The number of hydrogen-bond acceptors (Lipinski definition) is 4. The number of aromatic nitrogens is 1. The molecule has 1 unspecified atom stereocenters. The van der Waals surface area contributed by atoms with Crippen molar-refractivity contribution in [3.63, 3.8) is 0 Å². The van der Waals surface area contributed by atoms with E-state index in [9.17, 15) is 4.79 Å². The highest BCUT2D eigenvalue weighted by molar-refractivity contribution is 5.86. The van der Waals surface area contributed by atoms with Crippen molar-refractivity contribution < 1.29 is 14.3 Å². The maximum absolute atomic E-state index is 12.4.